The van der Waals surface area contributed by atoms with Gasteiger partial charge < -0.3 is 15.7 Å². The Kier molecular flexibility index (Phi) is 2.88. The van der Waals surface area contributed by atoms with E-state index in [0.29, 0.717) is 18.3 Å². The summed E-state index contributed by atoms with van der Waals surface area (Å²) in [6.07, 6.45) is 1.17. The number of oxime groups is 1. The molecule has 0 unspecified atom stereocenters. The Morgan fingerprint density at radius 3 is 3.07 bits per heavy atom. The Morgan fingerprint density at radius 1 is 1.50 bits per heavy atom. The van der Waals surface area contributed by atoms with Crippen molar-refractivity contribution in [3.8, 4) is 0 Å². The summed E-state index contributed by atoms with van der Waals surface area (Å²) < 4.78 is 5.43. The smallest absolute Gasteiger partial charge is 0.153 e. The molecule has 3 N–H and O–H groups in total. The van der Waals surface area contributed by atoms with E-state index in [4.69, 9.17) is 15.7 Å². The van der Waals surface area contributed by atoms with Crippen molar-refractivity contribution in [2.24, 2.45) is 22.7 Å². The molecule has 2 fully saturated rings. The molecule has 0 aliphatic carbocycles. The van der Waals surface area contributed by atoms with E-state index < -0.39 is 0 Å². The van der Waals surface area contributed by atoms with E-state index in [1.54, 1.807) is 0 Å². The predicted octanol–water partition coefficient (Wildman–Crippen LogP) is -0.299. The summed E-state index contributed by atoms with van der Waals surface area (Å²) in [4.78, 5) is 2.23. The minimum absolute atomic E-state index is 0.294. The van der Waals surface area contributed by atoms with Gasteiger partial charge in [-0.3, -0.25) is 4.90 Å². The number of hydrogen-bond donors (Lipinski definition) is 2. The fraction of sp³-hybridized carbons (Fsp3) is 0.889. The Morgan fingerprint density at radius 2 is 2.29 bits per heavy atom. The highest BCUT2D eigenvalue weighted by Gasteiger charge is 2.33. The molecule has 0 aromatic rings. The van der Waals surface area contributed by atoms with E-state index in [2.05, 4.69) is 10.1 Å². The number of nitrogens with zero attached hydrogens (tertiary/aromatic N) is 2. The van der Waals surface area contributed by atoms with Gasteiger partial charge in [-0.1, -0.05) is 5.16 Å². The van der Waals surface area contributed by atoms with Crippen LogP contribution >= 0.6 is 0 Å². The minimum Gasteiger partial charge on any atom is -0.409 e. The third-order valence-electron chi connectivity index (χ3n) is 3.15. The third-order valence-corrected chi connectivity index (χ3v) is 3.15. The highest BCUT2D eigenvalue weighted by Crippen LogP contribution is 2.28. The zero-order chi connectivity index (χ0) is 9.97. The van der Waals surface area contributed by atoms with Crippen molar-refractivity contribution in [1.29, 1.82) is 0 Å². The average Bonchev–Trinajstić information content (AvgIpc) is 2.64. The van der Waals surface area contributed by atoms with Crippen molar-refractivity contribution >= 4 is 5.84 Å². The molecule has 2 rings (SSSR count). The Hall–Kier alpha value is -0.810. The van der Waals surface area contributed by atoms with Gasteiger partial charge in [-0.2, -0.15) is 0 Å². The van der Waals surface area contributed by atoms with Crippen LogP contribution in [-0.2, 0) is 4.74 Å². The number of nitrogens with two attached hydrogens (primary N) is 1. The average molecular weight is 199 g/mol. The van der Waals surface area contributed by atoms with Gasteiger partial charge in [-0.25, -0.2) is 0 Å². The molecule has 2 aliphatic heterocycles. The Labute approximate surface area is 83.5 Å². The van der Waals surface area contributed by atoms with Crippen LogP contribution in [0.15, 0.2) is 5.16 Å². The number of rotatable bonds is 2. The van der Waals surface area contributed by atoms with Gasteiger partial charge in [0.05, 0.1) is 13.2 Å². The van der Waals surface area contributed by atoms with Crippen LogP contribution in [0.3, 0.4) is 0 Å². The zero-order valence-electron chi connectivity index (χ0n) is 8.22. The first-order valence-corrected chi connectivity index (χ1v) is 5.06. The van der Waals surface area contributed by atoms with E-state index in [0.717, 1.165) is 32.2 Å². The molecule has 0 amide bonds. The number of amidine groups is 1. The summed E-state index contributed by atoms with van der Waals surface area (Å²) in [5, 5.41) is 11.5. The van der Waals surface area contributed by atoms with E-state index >= 15 is 0 Å². The molecule has 2 saturated heterocycles. The maximum atomic E-state index is 8.46. The molecule has 80 valence electrons. The van der Waals surface area contributed by atoms with Crippen LogP contribution in [0.5, 0.6) is 0 Å². The van der Waals surface area contributed by atoms with Gasteiger partial charge in [-0.05, 0) is 18.9 Å². The molecule has 0 saturated carbocycles. The van der Waals surface area contributed by atoms with E-state index in [1.165, 1.54) is 6.42 Å². The SMILES string of the molecule is NC(CN1CC[C@H]2COC[C@@H]2C1)=NO. The van der Waals surface area contributed by atoms with Crippen molar-refractivity contribution in [2.75, 3.05) is 32.8 Å². The van der Waals surface area contributed by atoms with Crippen molar-refractivity contribution in [2.45, 2.75) is 6.42 Å². The summed E-state index contributed by atoms with van der Waals surface area (Å²) in [7, 11) is 0. The second kappa shape index (κ2) is 4.14. The van der Waals surface area contributed by atoms with Crippen molar-refractivity contribution in [1.82, 2.24) is 4.90 Å². The largest absolute Gasteiger partial charge is 0.409 e. The summed E-state index contributed by atoms with van der Waals surface area (Å²) in [5.74, 6) is 1.68. The van der Waals surface area contributed by atoms with Crippen LogP contribution in [0.1, 0.15) is 6.42 Å². The van der Waals surface area contributed by atoms with Gasteiger partial charge >= 0.3 is 0 Å². The van der Waals surface area contributed by atoms with E-state index in [-0.39, 0.29) is 0 Å². The number of fused-ring (bicyclic) bond motifs is 1. The standard InChI is InChI=1S/C9H17N3O2/c10-9(11-13)4-12-2-1-7-5-14-6-8(7)3-12/h7-8,13H,1-6H2,(H2,10,11)/t7-,8-/m0/s1. The molecule has 0 aromatic heterocycles. The first kappa shape index (κ1) is 9.73. The quantitative estimate of drug-likeness (QED) is 0.277. The first-order valence-electron chi connectivity index (χ1n) is 5.06. The van der Waals surface area contributed by atoms with Gasteiger partial charge in [0.1, 0.15) is 0 Å². The zero-order valence-corrected chi connectivity index (χ0v) is 8.22. The lowest BCUT2D eigenvalue weighted by Crippen LogP contribution is -2.43. The topological polar surface area (TPSA) is 71.1 Å². The molecule has 2 atom stereocenters. The molecule has 2 heterocycles. The van der Waals surface area contributed by atoms with Crippen molar-refractivity contribution < 1.29 is 9.94 Å². The number of piperidine rings is 1. The molecular formula is C9H17N3O2. The minimum atomic E-state index is 0.294. The fourth-order valence-electron chi connectivity index (χ4n) is 2.34. The monoisotopic (exact) mass is 199 g/mol. The first-order chi connectivity index (χ1) is 6.79. The molecule has 5 nitrogen and oxygen atoms in total. The van der Waals surface area contributed by atoms with Crippen LogP contribution in [0, 0.1) is 11.8 Å². The normalized spacial score (nSPS) is 34.4. The molecule has 0 aromatic carbocycles. The van der Waals surface area contributed by atoms with Crippen molar-refractivity contribution in [3.63, 3.8) is 0 Å². The van der Waals surface area contributed by atoms with Gasteiger partial charge in [0.2, 0.25) is 0 Å². The lowest BCUT2D eigenvalue weighted by molar-refractivity contribution is 0.162. The summed E-state index contributed by atoms with van der Waals surface area (Å²) in [6, 6.07) is 0. The number of ether oxygens (including phenoxy) is 1. The molecule has 0 spiro atoms. The summed E-state index contributed by atoms with van der Waals surface area (Å²) in [5.41, 5.74) is 5.47. The molecular weight excluding hydrogens is 182 g/mol. The van der Waals surface area contributed by atoms with Crippen LogP contribution in [0.4, 0.5) is 0 Å². The number of hydrogen-bond acceptors (Lipinski definition) is 4. The van der Waals surface area contributed by atoms with Crippen molar-refractivity contribution in [3.05, 3.63) is 0 Å². The van der Waals surface area contributed by atoms with Crippen LogP contribution in [-0.4, -0.2) is 48.8 Å². The third kappa shape index (κ3) is 1.99. The van der Waals surface area contributed by atoms with Crippen LogP contribution in [0.2, 0.25) is 0 Å². The maximum absolute atomic E-state index is 8.46. The molecule has 0 bridgehead atoms. The molecule has 2 aliphatic rings. The van der Waals surface area contributed by atoms with Gasteiger partial charge in [0, 0.05) is 19.1 Å². The lowest BCUT2D eigenvalue weighted by atomic mass is 9.89. The van der Waals surface area contributed by atoms with Gasteiger partial charge in [-0.15, -0.1) is 0 Å². The predicted molar refractivity (Wildman–Crippen MR) is 52.3 cm³/mol. The summed E-state index contributed by atoms with van der Waals surface area (Å²) >= 11 is 0. The maximum Gasteiger partial charge on any atom is 0.153 e. The molecule has 0 radical (unpaired) electrons. The number of likely N-dealkylation sites (tertiary alicyclic amines) is 1. The Bertz CT molecular complexity index is 232. The van der Waals surface area contributed by atoms with E-state index in [1.807, 2.05) is 0 Å². The molecule has 14 heavy (non-hydrogen) atoms. The second-order valence-corrected chi connectivity index (χ2v) is 4.17. The van der Waals surface area contributed by atoms with E-state index in [9.17, 15) is 0 Å². The Balaban J connectivity index is 1.85. The van der Waals surface area contributed by atoms with Crippen LogP contribution < -0.4 is 5.73 Å². The fourth-order valence-corrected chi connectivity index (χ4v) is 2.34. The molecule has 5 heteroatoms. The second-order valence-electron chi connectivity index (χ2n) is 4.17. The highest BCUT2D eigenvalue weighted by molar-refractivity contribution is 5.81. The van der Waals surface area contributed by atoms with Gasteiger partial charge in [0.15, 0.2) is 5.84 Å². The lowest BCUT2D eigenvalue weighted by Gasteiger charge is -2.33. The summed E-state index contributed by atoms with van der Waals surface area (Å²) in [6.45, 7) is 4.40. The van der Waals surface area contributed by atoms with Crippen LogP contribution in [0.25, 0.3) is 0 Å². The highest BCUT2D eigenvalue weighted by atomic mass is 16.5. The van der Waals surface area contributed by atoms with Gasteiger partial charge in [0.25, 0.3) is 0 Å².